The van der Waals surface area contributed by atoms with Gasteiger partial charge in [0.2, 0.25) is 0 Å². The topological polar surface area (TPSA) is 26.0 Å². The maximum atomic E-state index is 5.66. The Morgan fingerprint density at radius 2 is 2.56 bits per heavy atom. The molecule has 0 aromatic rings. The third-order valence-electron chi connectivity index (χ3n) is 1.66. The Morgan fingerprint density at radius 1 is 1.78 bits per heavy atom. The average Bonchev–Trinajstić information content (AvgIpc) is 2.15. The summed E-state index contributed by atoms with van der Waals surface area (Å²) in [6.07, 6.45) is 4.01. The molecule has 1 aliphatic heterocycles. The van der Waals surface area contributed by atoms with Crippen molar-refractivity contribution in [1.29, 1.82) is 0 Å². The summed E-state index contributed by atoms with van der Waals surface area (Å²) in [5.41, 5.74) is 5.66. The van der Waals surface area contributed by atoms with Crippen LogP contribution in [0.1, 0.15) is 26.2 Å². The molecule has 1 heterocycles. The summed E-state index contributed by atoms with van der Waals surface area (Å²) in [5.74, 6) is 1.36. The molecule has 0 aromatic heterocycles. The second kappa shape index (κ2) is 3.47. The van der Waals surface area contributed by atoms with E-state index in [1.54, 1.807) is 0 Å². The molecule has 0 amide bonds. The van der Waals surface area contributed by atoms with Gasteiger partial charge in [0.1, 0.15) is 0 Å². The van der Waals surface area contributed by atoms with Gasteiger partial charge in [-0.2, -0.15) is 11.8 Å². The molecule has 2 atom stereocenters. The van der Waals surface area contributed by atoms with Crippen LogP contribution >= 0.6 is 11.8 Å². The summed E-state index contributed by atoms with van der Waals surface area (Å²) in [6, 6.07) is 0.403. The molecular formula is C7H15NS. The molecule has 0 aromatic carbocycles. The van der Waals surface area contributed by atoms with Crippen LogP contribution in [0.4, 0.5) is 0 Å². The molecule has 0 radical (unpaired) electrons. The minimum absolute atomic E-state index is 0.403. The standard InChI is InChI=1S/C7H15NS/c1-6(8)5-7-3-2-4-9-7/h6-7H,2-5,8H2,1H3. The van der Waals surface area contributed by atoms with Crippen molar-refractivity contribution < 1.29 is 0 Å². The largest absolute Gasteiger partial charge is 0.328 e. The highest BCUT2D eigenvalue weighted by molar-refractivity contribution is 8.00. The second-order valence-corrected chi connectivity index (χ2v) is 4.26. The van der Waals surface area contributed by atoms with Crippen LogP contribution in [-0.2, 0) is 0 Å². The Morgan fingerprint density at radius 3 is 3.00 bits per heavy atom. The van der Waals surface area contributed by atoms with E-state index in [0.717, 1.165) is 5.25 Å². The van der Waals surface area contributed by atoms with Crippen molar-refractivity contribution in [3.05, 3.63) is 0 Å². The highest BCUT2D eigenvalue weighted by Gasteiger charge is 2.16. The third kappa shape index (κ3) is 2.59. The Labute approximate surface area is 61.4 Å². The summed E-state index contributed by atoms with van der Waals surface area (Å²) < 4.78 is 0. The van der Waals surface area contributed by atoms with E-state index in [-0.39, 0.29) is 0 Å². The Bertz CT molecular complexity index is 77.0. The van der Waals surface area contributed by atoms with Crippen molar-refractivity contribution in [2.24, 2.45) is 5.73 Å². The van der Waals surface area contributed by atoms with Crippen molar-refractivity contribution in [2.45, 2.75) is 37.5 Å². The zero-order valence-corrected chi connectivity index (χ0v) is 6.79. The van der Waals surface area contributed by atoms with Gasteiger partial charge in [0.05, 0.1) is 0 Å². The van der Waals surface area contributed by atoms with Crippen molar-refractivity contribution in [3.63, 3.8) is 0 Å². The van der Waals surface area contributed by atoms with Crippen LogP contribution in [0.15, 0.2) is 0 Å². The Kier molecular flexibility index (Phi) is 2.86. The fraction of sp³-hybridized carbons (Fsp3) is 1.00. The van der Waals surface area contributed by atoms with Crippen molar-refractivity contribution >= 4 is 11.8 Å². The Hall–Kier alpha value is 0.310. The zero-order chi connectivity index (χ0) is 6.69. The molecule has 54 valence electrons. The lowest BCUT2D eigenvalue weighted by Crippen LogP contribution is -2.19. The van der Waals surface area contributed by atoms with E-state index in [1.165, 1.54) is 25.0 Å². The van der Waals surface area contributed by atoms with Crippen molar-refractivity contribution in [3.8, 4) is 0 Å². The number of hydrogen-bond acceptors (Lipinski definition) is 2. The SMILES string of the molecule is CC(N)CC1CCCS1. The van der Waals surface area contributed by atoms with Gasteiger partial charge in [-0.25, -0.2) is 0 Å². The lowest BCUT2D eigenvalue weighted by atomic mass is 10.1. The van der Waals surface area contributed by atoms with Crippen molar-refractivity contribution in [1.82, 2.24) is 0 Å². The smallest absolute Gasteiger partial charge is 0.00619 e. The maximum Gasteiger partial charge on any atom is 0.00619 e. The fourth-order valence-electron chi connectivity index (χ4n) is 1.24. The van der Waals surface area contributed by atoms with Gasteiger partial charge in [0.15, 0.2) is 0 Å². The van der Waals surface area contributed by atoms with Gasteiger partial charge >= 0.3 is 0 Å². The molecule has 1 aliphatic rings. The van der Waals surface area contributed by atoms with E-state index < -0.39 is 0 Å². The van der Waals surface area contributed by atoms with Crippen LogP contribution in [0.25, 0.3) is 0 Å². The number of rotatable bonds is 2. The van der Waals surface area contributed by atoms with Crippen LogP contribution in [0.2, 0.25) is 0 Å². The Balaban J connectivity index is 2.11. The molecule has 1 saturated heterocycles. The first-order chi connectivity index (χ1) is 4.29. The third-order valence-corrected chi connectivity index (χ3v) is 3.08. The summed E-state index contributed by atoms with van der Waals surface area (Å²) in [4.78, 5) is 0. The first-order valence-electron chi connectivity index (χ1n) is 3.66. The van der Waals surface area contributed by atoms with Gasteiger partial charge in [-0.1, -0.05) is 0 Å². The summed E-state index contributed by atoms with van der Waals surface area (Å²) >= 11 is 2.09. The summed E-state index contributed by atoms with van der Waals surface area (Å²) in [5, 5.41) is 0.880. The lowest BCUT2D eigenvalue weighted by Gasteiger charge is -2.09. The molecule has 1 fully saturated rings. The molecule has 1 rings (SSSR count). The number of nitrogens with two attached hydrogens (primary N) is 1. The summed E-state index contributed by atoms with van der Waals surface area (Å²) in [7, 11) is 0. The molecule has 2 unspecified atom stereocenters. The van der Waals surface area contributed by atoms with Crippen LogP contribution in [-0.4, -0.2) is 17.0 Å². The highest BCUT2D eigenvalue weighted by atomic mass is 32.2. The molecule has 0 saturated carbocycles. The maximum absolute atomic E-state index is 5.66. The molecule has 2 N–H and O–H groups in total. The molecule has 9 heavy (non-hydrogen) atoms. The zero-order valence-electron chi connectivity index (χ0n) is 5.97. The van der Waals surface area contributed by atoms with Gasteiger partial charge in [0, 0.05) is 11.3 Å². The molecule has 2 heteroatoms. The van der Waals surface area contributed by atoms with Crippen LogP contribution in [0.5, 0.6) is 0 Å². The number of thioether (sulfide) groups is 1. The molecule has 0 spiro atoms. The molecular weight excluding hydrogens is 130 g/mol. The van der Waals surface area contributed by atoms with Gasteiger partial charge in [0.25, 0.3) is 0 Å². The van der Waals surface area contributed by atoms with E-state index in [2.05, 4.69) is 18.7 Å². The van der Waals surface area contributed by atoms with E-state index in [1.807, 2.05) is 0 Å². The highest BCUT2D eigenvalue weighted by Crippen LogP contribution is 2.28. The van der Waals surface area contributed by atoms with Crippen LogP contribution in [0, 0.1) is 0 Å². The number of hydrogen-bond donors (Lipinski definition) is 1. The molecule has 0 aliphatic carbocycles. The minimum atomic E-state index is 0.403. The first-order valence-corrected chi connectivity index (χ1v) is 4.71. The second-order valence-electron chi connectivity index (χ2n) is 2.85. The van der Waals surface area contributed by atoms with Gasteiger partial charge < -0.3 is 5.73 Å². The van der Waals surface area contributed by atoms with Crippen LogP contribution < -0.4 is 5.73 Å². The summed E-state index contributed by atoms with van der Waals surface area (Å²) in [6.45, 7) is 2.10. The monoisotopic (exact) mass is 145 g/mol. The van der Waals surface area contributed by atoms with Crippen molar-refractivity contribution in [2.75, 3.05) is 5.75 Å². The van der Waals surface area contributed by atoms with E-state index in [0.29, 0.717) is 6.04 Å². The van der Waals surface area contributed by atoms with Gasteiger partial charge in [-0.3, -0.25) is 0 Å². The fourth-order valence-corrected chi connectivity index (χ4v) is 2.68. The van der Waals surface area contributed by atoms with Gasteiger partial charge in [-0.15, -0.1) is 0 Å². The minimum Gasteiger partial charge on any atom is -0.328 e. The molecule has 1 nitrogen and oxygen atoms in total. The predicted molar refractivity (Wildman–Crippen MR) is 43.7 cm³/mol. The normalized spacial score (nSPS) is 30.7. The quantitative estimate of drug-likeness (QED) is 0.639. The molecule has 0 bridgehead atoms. The van der Waals surface area contributed by atoms with E-state index >= 15 is 0 Å². The average molecular weight is 145 g/mol. The van der Waals surface area contributed by atoms with Crippen LogP contribution in [0.3, 0.4) is 0 Å². The predicted octanol–water partition coefficient (Wildman–Crippen LogP) is 1.62. The first kappa shape index (κ1) is 7.42. The van der Waals surface area contributed by atoms with E-state index in [9.17, 15) is 0 Å². The van der Waals surface area contributed by atoms with E-state index in [4.69, 9.17) is 5.73 Å². The lowest BCUT2D eigenvalue weighted by molar-refractivity contribution is 0.622. The van der Waals surface area contributed by atoms with Gasteiger partial charge in [-0.05, 0) is 31.9 Å².